The minimum atomic E-state index is -0.932. The Hall–Kier alpha value is -5.72. The van der Waals surface area contributed by atoms with E-state index in [9.17, 15) is 0 Å². The van der Waals surface area contributed by atoms with Crippen molar-refractivity contribution in [2.24, 2.45) is 10.8 Å². The minimum Gasteiger partial charge on any atom is -0.497 e. The molecule has 6 aromatic rings. The summed E-state index contributed by atoms with van der Waals surface area (Å²) in [4.78, 5) is 5.12. The van der Waals surface area contributed by atoms with Gasteiger partial charge in [0, 0.05) is 70.1 Å². The molecule has 2 aliphatic carbocycles. The lowest BCUT2D eigenvalue weighted by atomic mass is 9.52. The number of nitrogens with zero attached hydrogens (tertiary/aromatic N) is 2. The molecular formula is C58H62N2O4. The fourth-order valence-electron chi connectivity index (χ4n) is 13.3. The predicted molar refractivity (Wildman–Crippen MR) is 263 cm³/mol. The van der Waals surface area contributed by atoms with Crippen molar-refractivity contribution in [1.82, 2.24) is 0 Å². The molecule has 1 saturated carbocycles. The first-order valence-electron chi connectivity index (χ1n) is 23.6. The molecule has 328 valence electrons. The molecule has 6 nitrogen and oxygen atoms in total. The third kappa shape index (κ3) is 6.53. The Morgan fingerprint density at radius 3 is 1.92 bits per heavy atom. The fourth-order valence-corrected chi connectivity index (χ4v) is 13.3. The molecule has 0 N–H and O–H groups in total. The molecule has 5 aliphatic rings. The second-order valence-corrected chi connectivity index (χ2v) is 20.9. The van der Waals surface area contributed by atoms with Gasteiger partial charge in [0.2, 0.25) is 0 Å². The molecule has 1 atom stereocenters. The van der Waals surface area contributed by atoms with E-state index in [-0.39, 0.29) is 16.2 Å². The lowest BCUT2D eigenvalue weighted by Gasteiger charge is -2.52. The molecule has 3 aliphatic heterocycles. The van der Waals surface area contributed by atoms with Crippen LogP contribution in [0.3, 0.4) is 0 Å². The third-order valence-electron chi connectivity index (χ3n) is 15.3. The van der Waals surface area contributed by atoms with Crippen LogP contribution < -0.4 is 24.0 Å². The largest absolute Gasteiger partial charge is 0.497 e. The highest BCUT2D eigenvalue weighted by Crippen LogP contribution is 2.67. The fraction of sp³-hybridized carbons (Fsp3) is 0.379. The van der Waals surface area contributed by atoms with E-state index in [0.29, 0.717) is 6.04 Å². The maximum Gasteiger partial charge on any atom is 0.178 e. The first-order chi connectivity index (χ1) is 30.9. The van der Waals surface area contributed by atoms with E-state index in [4.69, 9.17) is 18.9 Å². The summed E-state index contributed by atoms with van der Waals surface area (Å²) in [5, 5.41) is 2.42. The topological polar surface area (TPSA) is 43.4 Å². The van der Waals surface area contributed by atoms with Crippen LogP contribution in [0.4, 0.5) is 11.4 Å². The normalized spacial score (nSPS) is 21.0. The molecule has 0 aromatic heterocycles. The Morgan fingerprint density at radius 2 is 1.31 bits per heavy atom. The Labute approximate surface area is 379 Å². The quantitative estimate of drug-likeness (QED) is 0.159. The average molecular weight is 851 g/mol. The summed E-state index contributed by atoms with van der Waals surface area (Å²) in [6.07, 6.45) is 10.5. The molecule has 3 heterocycles. The van der Waals surface area contributed by atoms with Crippen LogP contribution in [0.5, 0.6) is 17.2 Å². The Balaban J connectivity index is 1.23. The molecule has 0 amide bonds. The van der Waals surface area contributed by atoms with Crippen molar-refractivity contribution < 1.29 is 18.9 Å². The van der Waals surface area contributed by atoms with Gasteiger partial charge in [0.25, 0.3) is 0 Å². The SMILES string of the molecule is COc1ccc(C2(c3ccc(OC)cc3)C=Cc3c4c(c5cc(N6CCCC6C)c(-c6ccc(N7CCOCC7)cc6)cc5c3O2)-c2ccccc2C42CC(C)(C)CC(C)(C)C2)cc1. The lowest BCUT2D eigenvalue weighted by Crippen LogP contribution is -2.44. The summed E-state index contributed by atoms with van der Waals surface area (Å²) < 4.78 is 25.1. The van der Waals surface area contributed by atoms with Crippen molar-refractivity contribution in [3.63, 3.8) is 0 Å². The molecule has 64 heavy (non-hydrogen) atoms. The smallest absolute Gasteiger partial charge is 0.178 e. The number of hydrogen-bond acceptors (Lipinski definition) is 6. The zero-order chi connectivity index (χ0) is 44.0. The van der Waals surface area contributed by atoms with Gasteiger partial charge >= 0.3 is 0 Å². The Bertz CT molecular complexity index is 2710. The number of methoxy groups -OCH3 is 2. The number of ether oxygens (including phenoxy) is 4. The molecule has 6 aromatic carbocycles. The van der Waals surface area contributed by atoms with E-state index < -0.39 is 5.60 Å². The van der Waals surface area contributed by atoms with Gasteiger partial charge in [0.15, 0.2) is 5.60 Å². The number of anilines is 2. The highest BCUT2D eigenvalue weighted by molar-refractivity contribution is 6.12. The number of rotatable bonds is 7. The molecule has 3 fully saturated rings. The van der Waals surface area contributed by atoms with Gasteiger partial charge in [0.05, 0.1) is 27.4 Å². The van der Waals surface area contributed by atoms with Crippen LogP contribution in [-0.2, 0) is 15.8 Å². The van der Waals surface area contributed by atoms with Crippen LogP contribution in [0, 0.1) is 10.8 Å². The first kappa shape index (κ1) is 41.0. The molecular weight excluding hydrogens is 789 g/mol. The molecule has 1 spiro atoms. The number of morpholine rings is 1. The summed E-state index contributed by atoms with van der Waals surface area (Å²) in [6.45, 7) is 16.8. The number of hydrogen-bond donors (Lipinski definition) is 0. The van der Waals surface area contributed by atoms with E-state index in [2.05, 4.69) is 141 Å². The zero-order valence-electron chi connectivity index (χ0n) is 38.7. The van der Waals surface area contributed by atoms with E-state index in [1.54, 1.807) is 14.2 Å². The van der Waals surface area contributed by atoms with E-state index >= 15 is 0 Å². The Morgan fingerprint density at radius 1 is 0.672 bits per heavy atom. The van der Waals surface area contributed by atoms with Gasteiger partial charge < -0.3 is 28.7 Å². The highest BCUT2D eigenvalue weighted by atomic mass is 16.5. The molecule has 0 radical (unpaired) electrons. The summed E-state index contributed by atoms with van der Waals surface area (Å²) in [7, 11) is 3.45. The second-order valence-electron chi connectivity index (χ2n) is 20.9. The van der Waals surface area contributed by atoms with Gasteiger partial charge in [-0.05, 0) is 138 Å². The monoisotopic (exact) mass is 850 g/mol. The molecule has 11 rings (SSSR count). The first-order valence-corrected chi connectivity index (χ1v) is 23.6. The zero-order valence-corrected chi connectivity index (χ0v) is 38.7. The van der Waals surface area contributed by atoms with Crippen LogP contribution in [0.1, 0.15) is 94.5 Å². The number of fused-ring (bicyclic) bond motifs is 10. The molecule has 6 heteroatoms. The van der Waals surface area contributed by atoms with Crippen LogP contribution in [0.15, 0.2) is 115 Å². The average Bonchev–Trinajstić information content (AvgIpc) is 3.85. The molecule has 2 saturated heterocycles. The minimum absolute atomic E-state index is 0.126. The van der Waals surface area contributed by atoms with Gasteiger partial charge in [-0.3, -0.25) is 0 Å². The Kier molecular flexibility index (Phi) is 9.74. The van der Waals surface area contributed by atoms with E-state index in [1.807, 2.05) is 24.3 Å². The summed E-state index contributed by atoms with van der Waals surface area (Å²) >= 11 is 0. The van der Waals surface area contributed by atoms with Crippen molar-refractivity contribution >= 4 is 28.2 Å². The van der Waals surface area contributed by atoms with Gasteiger partial charge in [-0.2, -0.15) is 0 Å². The van der Waals surface area contributed by atoms with Crippen molar-refractivity contribution in [2.75, 3.05) is 56.9 Å². The maximum absolute atomic E-state index is 7.99. The van der Waals surface area contributed by atoms with Crippen molar-refractivity contribution in [2.45, 2.75) is 83.8 Å². The molecule has 0 bridgehead atoms. The van der Waals surface area contributed by atoms with Crippen LogP contribution >= 0.6 is 0 Å². The van der Waals surface area contributed by atoms with Crippen molar-refractivity contribution in [1.29, 1.82) is 0 Å². The summed E-state index contributed by atoms with van der Waals surface area (Å²) in [5.41, 5.74) is 13.1. The van der Waals surface area contributed by atoms with Crippen molar-refractivity contribution in [3.05, 3.63) is 143 Å². The predicted octanol–water partition coefficient (Wildman–Crippen LogP) is 13.2. The van der Waals surface area contributed by atoms with E-state index in [1.165, 1.54) is 75.0 Å². The summed E-state index contributed by atoms with van der Waals surface area (Å²) in [6, 6.07) is 41.0. The van der Waals surface area contributed by atoms with Crippen LogP contribution in [-0.4, -0.2) is 53.1 Å². The van der Waals surface area contributed by atoms with Gasteiger partial charge in [-0.25, -0.2) is 0 Å². The molecule has 1 unspecified atom stereocenters. The van der Waals surface area contributed by atoms with E-state index in [0.717, 1.165) is 79.5 Å². The van der Waals surface area contributed by atoms with Gasteiger partial charge in [-0.15, -0.1) is 0 Å². The van der Waals surface area contributed by atoms with Gasteiger partial charge in [0.1, 0.15) is 17.2 Å². The maximum atomic E-state index is 7.99. The highest BCUT2D eigenvalue weighted by Gasteiger charge is 2.55. The number of benzene rings is 6. The van der Waals surface area contributed by atoms with Crippen LogP contribution in [0.2, 0.25) is 0 Å². The lowest BCUT2D eigenvalue weighted by molar-refractivity contribution is 0.0642. The standard InChI is InChI=1S/C58H62N2O4/c1-38-11-10-28-60(38)51-34-48-49(33-47(51)39-14-20-42(21-15-39)59-29-31-63-32-30-59)54-46(53-52(48)45-12-8-9-13-50(45)57(53)36-55(2,3)35-56(4,5)37-57)26-27-58(64-54,40-16-22-43(61-6)23-17-40)41-18-24-44(62-7)25-19-41/h8-9,12-27,33-34,38H,10-11,28-32,35-37H2,1-7H3. The summed E-state index contributed by atoms with van der Waals surface area (Å²) in [5.74, 6) is 2.57. The van der Waals surface area contributed by atoms with Crippen LogP contribution in [0.25, 0.3) is 39.1 Å². The second kappa shape index (κ2) is 15.2. The van der Waals surface area contributed by atoms with Crippen molar-refractivity contribution in [3.8, 4) is 39.5 Å². The van der Waals surface area contributed by atoms with Gasteiger partial charge in [-0.1, -0.05) is 94.4 Å². The third-order valence-corrected chi connectivity index (χ3v) is 15.3.